The van der Waals surface area contributed by atoms with Crippen LogP contribution in [-0.2, 0) is 6.61 Å². The van der Waals surface area contributed by atoms with E-state index in [-0.39, 0.29) is 18.1 Å². The highest BCUT2D eigenvalue weighted by Crippen LogP contribution is 2.13. The second kappa shape index (κ2) is 7.44. The van der Waals surface area contributed by atoms with E-state index in [0.717, 1.165) is 23.5 Å². The third-order valence-corrected chi connectivity index (χ3v) is 3.50. The van der Waals surface area contributed by atoms with E-state index in [9.17, 15) is 9.59 Å². The molecule has 0 aliphatic heterocycles. The Morgan fingerprint density at radius 3 is 2.72 bits per heavy atom. The summed E-state index contributed by atoms with van der Waals surface area (Å²) in [4.78, 5) is 28.4. The zero-order chi connectivity index (χ0) is 17.6. The van der Waals surface area contributed by atoms with Gasteiger partial charge in [-0.05, 0) is 24.1 Å². The Bertz CT molecular complexity index is 935. The van der Waals surface area contributed by atoms with Crippen LogP contribution in [0.25, 0.3) is 0 Å². The van der Waals surface area contributed by atoms with Gasteiger partial charge in [0.15, 0.2) is 5.76 Å². The average molecular weight is 336 g/mol. The Hall–Kier alpha value is -3.41. The first-order valence-electron chi connectivity index (χ1n) is 7.66. The number of rotatable bonds is 5. The van der Waals surface area contributed by atoms with Crippen LogP contribution in [0, 0.1) is 6.92 Å². The van der Waals surface area contributed by atoms with Crippen molar-refractivity contribution in [1.82, 2.24) is 4.98 Å². The van der Waals surface area contributed by atoms with Crippen LogP contribution in [0.15, 0.2) is 70.2 Å². The van der Waals surface area contributed by atoms with E-state index in [4.69, 9.17) is 9.15 Å². The van der Waals surface area contributed by atoms with Crippen LogP contribution in [0.4, 0.5) is 5.82 Å². The minimum Gasteiger partial charge on any atom is -0.482 e. The van der Waals surface area contributed by atoms with Gasteiger partial charge >= 0.3 is 0 Å². The smallest absolute Gasteiger partial charge is 0.292 e. The summed E-state index contributed by atoms with van der Waals surface area (Å²) in [6, 6.07) is 14.1. The molecule has 0 saturated carbocycles. The Labute approximate surface area is 144 Å². The third kappa shape index (κ3) is 4.11. The Morgan fingerprint density at radius 2 is 2.00 bits per heavy atom. The highest BCUT2D eigenvalue weighted by molar-refractivity contribution is 6.01. The number of aromatic nitrogens is 1. The molecule has 0 atom stereocenters. The molecule has 6 nitrogen and oxygen atoms in total. The van der Waals surface area contributed by atoms with Crippen molar-refractivity contribution in [2.24, 2.45) is 0 Å². The van der Waals surface area contributed by atoms with Gasteiger partial charge < -0.3 is 14.5 Å². The molecule has 0 bridgehead atoms. The van der Waals surface area contributed by atoms with Crippen molar-refractivity contribution in [2.45, 2.75) is 13.5 Å². The zero-order valence-electron chi connectivity index (χ0n) is 13.6. The summed E-state index contributed by atoms with van der Waals surface area (Å²) in [7, 11) is 0. The fraction of sp³-hybridized carbons (Fsp3) is 0.105. The van der Waals surface area contributed by atoms with Crippen LogP contribution >= 0.6 is 0 Å². The summed E-state index contributed by atoms with van der Waals surface area (Å²) in [5.41, 5.74) is 1.31. The third-order valence-electron chi connectivity index (χ3n) is 3.50. The highest BCUT2D eigenvalue weighted by atomic mass is 16.5. The number of hydrogen-bond donors (Lipinski definition) is 1. The Balaban J connectivity index is 1.70. The van der Waals surface area contributed by atoms with Gasteiger partial charge in [-0.1, -0.05) is 36.4 Å². The number of anilines is 1. The summed E-state index contributed by atoms with van der Waals surface area (Å²) in [6.45, 7) is 2.06. The number of hydrogen-bond acceptors (Lipinski definition) is 5. The summed E-state index contributed by atoms with van der Waals surface area (Å²) >= 11 is 0. The predicted molar refractivity (Wildman–Crippen MR) is 92.7 cm³/mol. The van der Waals surface area contributed by atoms with Gasteiger partial charge in [-0.2, -0.15) is 0 Å². The van der Waals surface area contributed by atoms with E-state index in [1.54, 1.807) is 12.3 Å². The van der Waals surface area contributed by atoms with E-state index in [2.05, 4.69) is 10.3 Å². The number of ether oxygens (including phenoxy) is 1. The van der Waals surface area contributed by atoms with E-state index < -0.39 is 11.3 Å². The lowest BCUT2D eigenvalue weighted by molar-refractivity contribution is 0.0993. The van der Waals surface area contributed by atoms with Crippen molar-refractivity contribution in [2.75, 3.05) is 5.32 Å². The molecular formula is C19H16N2O4. The Kier molecular flexibility index (Phi) is 4.89. The van der Waals surface area contributed by atoms with Crippen molar-refractivity contribution in [3.05, 3.63) is 88.1 Å². The number of carbonyl (C=O) groups excluding carboxylic acids is 1. The zero-order valence-corrected chi connectivity index (χ0v) is 13.6. The van der Waals surface area contributed by atoms with Crippen LogP contribution in [0.5, 0.6) is 5.75 Å². The molecule has 0 aliphatic carbocycles. The maximum atomic E-state index is 12.2. The van der Waals surface area contributed by atoms with E-state index in [1.165, 1.54) is 0 Å². The fourth-order valence-corrected chi connectivity index (χ4v) is 2.14. The fourth-order valence-electron chi connectivity index (χ4n) is 2.14. The minimum atomic E-state index is -0.548. The molecule has 0 spiro atoms. The molecule has 1 aromatic carbocycles. The lowest BCUT2D eigenvalue weighted by Gasteiger charge is -2.07. The second-order valence-electron chi connectivity index (χ2n) is 5.37. The first-order valence-corrected chi connectivity index (χ1v) is 7.66. The molecule has 2 heterocycles. The van der Waals surface area contributed by atoms with E-state index in [1.807, 2.05) is 43.3 Å². The molecule has 0 aliphatic rings. The molecule has 2 aromatic heterocycles. The SMILES string of the molecule is Cc1cccnc1NC(=O)c1cc(=O)c(OCc2ccccc2)co1. The normalized spacial score (nSPS) is 10.3. The van der Waals surface area contributed by atoms with Gasteiger partial charge in [-0.15, -0.1) is 0 Å². The van der Waals surface area contributed by atoms with Gasteiger partial charge in [0.2, 0.25) is 11.2 Å². The van der Waals surface area contributed by atoms with E-state index in [0.29, 0.717) is 5.82 Å². The van der Waals surface area contributed by atoms with Gasteiger partial charge in [0.25, 0.3) is 5.91 Å². The quantitative estimate of drug-likeness (QED) is 0.774. The van der Waals surface area contributed by atoms with Gasteiger partial charge in [-0.25, -0.2) is 4.98 Å². The molecule has 1 amide bonds. The molecule has 126 valence electrons. The Morgan fingerprint density at radius 1 is 1.20 bits per heavy atom. The number of nitrogens with zero attached hydrogens (tertiary/aromatic N) is 1. The molecule has 3 aromatic rings. The van der Waals surface area contributed by atoms with Crippen LogP contribution in [-0.4, -0.2) is 10.9 Å². The number of nitrogens with one attached hydrogen (secondary N) is 1. The topological polar surface area (TPSA) is 81.4 Å². The minimum absolute atomic E-state index is 0.0504. The van der Waals surface area contributed by atoms with E-state index >= 15 is 0 Å². The molecule has 0 saturated heterocycles. The van der Waals surface area contributed by atoms with Crippen LogP contribution in [0.2, 0.25) is 0 Å². The van der Waals surface area contributed by atoms with Gasteiger partial charge in [0, 0.05) is 12.3 Å². The number of benzene rings is 1. The molecule has 1 N–H and O–H groups in total. The second-order valence-corrected chi connectivity index (χ2v) is 5.37. The molecule has 25 heavy (non-hydrogen) atoms. The molecule has 0 fully saturated rings. The van der Waals surface area contributed by atoms with Gasteiger partial charge in [0.1, 0.15) is 18.7 Å². The van der Waals surface area contributed by atoms with Crippen molar-refractivity contribution < 1.29 is 13.9 Å². The molecule has 3 rings (SSSR count). The molecular weight excluding hydrogens is 320 g/mol. The average Bonchev–Trinajstić information content (AvgIpc) is 2.63. The maximum absolute atomic E-state index is 12.2. The maximum Gasteiger partial charge on any atom is 0.292 e. The van der Waals surface area contributed by atoms with Crippen LogP contribution in [0.1, 0.15) is 21.7 Å². The molecule has 0 unspecified atom stereocenters. The number of carbonyl (C=O) groups is 1. The first-order chi connectivity index (χ1) is 12.1. The predicted octanol–water partition coefficient (Wildman–Crippen LogP) is 3.17. The lowest BCUT2D eigenvalue weighted by atomic mass is 10.2. The van der Waals surface area contributed by atoms with Crippen LogP contribution in [0.3, 0.4) is 0 Å². The standard InChI is InChI=1S/C19H16N2O4/c1-13-6-5-9-20-18(13)21-19(23)16-10-15(22)17(12-25-16)24-11-14-7-3-2-4-8-14/h2-10,12H,11H2,1H3,(H,20,21,23). The summed E-state index contributed by atoms with van der Waals surface area (Å²) < 4.78 is 10.7. The van der Waals surface area contributed by atoms with Crippen molar-refractivity contribution in [3.8, 4) is 5.75 Å². The monoisotopic (exact) mass is 336 g/mol. The summed E-state index contributed by atoms with van der Waals surface area (Å²) in [6.07, 6.45) is 2.71. The number of aryl methyl sites for hydroxylation is 1. The number of pyridine rings is 1. The highest BCUT2D eigenvalue weighted by Gasteiger charge is 2.14. The largest absolute Gasteiger partial charge is 0.482 e. The van der Waals surface area contributed by atoms with Crippen molar-refractivity contribution >= 4 is 11.7 Å². The van der Waals surface area contributed by atoms with Crippen molar-refractivity contribution in [1.29, 1.82) is 0 Å². The number of amides is 1. The summed E-state index contributed by atoms with van der Waals surface area (Å²) in [5, 5.41) is 2.61. The first kappa shape index (κ1) is 16.4. The lowest BCUT2D eigenvalue weighted by Crippen LogP contribution is -2.17. The van der Waals surface area contributed by atoms with Gasteiger partial charge in [0.05, 0.1) is 0 Å². The van der Waals surface area contributed by atoms with Gasteiger partial charge in [-0.3, -0.25) is 9.59 Å². The van der Waals surface area contributed by atoms with Crippen molar-refractivity contribution in [3.63, 3.8) is 0 Å². The molecule has 6 heteroatoms. The summed E-state index contributed by atoms with van der Waals surface area (Å²) in [5.74, 6) is -0.190. The molecule has 0 radical (unpaired) electrons. The van der Waals surface area contributed by atoms with Crippen LogP contribution < -0.4 is 15.5 Å².